The van der Waals surface area contributed by atoms with Gasteiger partial charge in [-0.25, -0.2) is 0 Å². The summed E-state index contributed by atoms with van der Waals surface area (Å²) in [5.41, 5.74) is 1.00. The fraction of sp³-hybridized carbons (Fsp3) is 0.0714. The van der Waals surface area contributed by atoms with Gasteiger partial charge in [0.05, 0.1) is 12.1 Å². The first-order chi connectivity index (χ1) is 11.1. The van der Waals surface area contributed by atoms with Crippen molar-refractivity contribution in [1.29, 1.82) is 0 Å². The summed E-state index contributed by atoms with van der Waals surface area (Å²) in [5, 5.41) is 6.68. The lowest BCUT2D eigenvalue weighted by molar-refractivity contribution is 0.0956. The molecule has 23 heavy (non-hydrogen) atoms. The van der Waals surface area contributed by atoms with Gasteiger partial charge in [-0.05, 0) is 35.1 Å². The molecule has 0 saturated heterocycles. The van der Waals surface area contributed by atoms with Crippen LogP contribution in [0.2, 0.25) is 0 Å². The lowest BCUT2D eigenvalue weighted by Gasteiger charge is -2.02. The van der Waals surface area contributed by atoms with Crippen molar-refractivity contribution in [2.75, 3.05) is 0 Å². The van der Waals surface area contributed by atoms with E-state index in [2.05, 4.69) is 10.3 Å². The van der Waals surface area contributed by atoms with Crippen molar-refractivity contribution in [2.24, 2.45) is 0 Å². The van der Waals surface area contributed by atoms with E-state index in [1.165, 1.54) is 22.7 Å². The summed E-state index contributed by atoms with van der Waals surface area (Å²) < 4.78 is 2.91. The third kappa shape index (κ3) is 2.45. The molecule has 4 aromatic heterocycles. The smallest absolute Gasteiger partial charge is 0.269 e. The molecule has 5 nitrogen and oxygen atoms in total. The molecule has 0 radical (unpaired) electrons. The van der Waals surface area contributed by atoms with Crippen LogP contribution in [0.1, 0.15) is 14.5 Å². The molecule has 0 spiro atoms. The van der Waals surface area contributed by atoms with Gasteiger partial charge < -0.3 is 10.3 Å². The molecule has 4 rings (SSSR count). The van der Waals surface area contributed by atoms with Crippen LogP contribution >= 0.6 is 46.2 Å². The summed E-state index contributed by atoms with van der Waals surface area (Å²) in [6.45, 7) is 0.457. The minimum absolute atomic E-state index is 0.199. The number of thiazole rings is 1. The molecule has 0 fully saturated rings. The second-order valence-corrected chi connectivity index (χ2v) is 8.32. The van der Waals surface area contributed by atoms with Crippen LogP contribution in [0.3, 0.4) is 0 Å². The molecule has 4 heterocycles. The summed E-state index contributed by atoms with van der Waals surface area (Å²) in [6.07, 6.45) is 0. The maximum Gasteiger partial charge on any atom is 0.269 e. The quantitative estimate of drug-likeness (QED) is 0.534. The van der Waals surface area contributed by atoms with Crippen LogP contribution in [-0.2, 0) is 6.54 Å². The maximum absolute atomic E-state index is 12.5. The van der Waals surface area contributed by atoms with Crippen molar-refractivity contribution in [3.05, 3.63) is 53.0 Å². The minimum Gasteiger partial charge on any atom is -0.346 e. The number of carbonyl (C=O) groups excluding carboxylic acids is 1. The van der Waals surface area contributed by atoms with Gasteiger partial charge in [-0.3, -0.25) is 14.0 Å². The van der Waals surface area contributed by atoms with Crippen LogP contribution in [0.25, 0.3) is 15.9 Å². The van der Waals surface area contributed by atoms with Gasteiger partial charge in [0.25, 0.3) is 11.5 Å². The zero-order chi connectivity index (χ0) is 16.0. The predicted octanol–water partition coefficient (Wildman–Crippen LogP) is 3.62. The van der Waals surface area contributed by atoms with Crippen molar-refractivity contribution >= 4 is 68.0 Å². The molecular formula is C14H9N3O2S4. The van der Waals surface area contributed by atoms with Crippen molar-refractivity contribution < 1.29 is 4.79 Å². The lowest BCUT2D eigenvalue weighted by atomic mass is 10.4. The molecule has 0 bridgehead atoms. The number of nitrogens with zero attached hydrogens (tertiary/aromatic N) is 1. The molecule has 1 amide bonds. The van der Waals surface area contributed by atoms with Crippen LogP contribution in [0.15, 0.2) is 33.8 Å². The second-order valence-electron chi connectivity index (χ2n) is 4.73. The van der Waals surface area contributed by atoms with Gasteiger partial charge in [0.15, 0.2) is 3.95 Å². The normalized spacial score (nSPS) is 11.3. The van der Waals surface area contributed by atoms with Crippen molar-refractivity contribution in [1.82, 2.24) is 14.7 Å². The third-order valence-corrected chi connectivity index (χ3v) is 6.50. The molecular weight excluding hydrogens is 370 g/mol. The number of hydrogen-bond acceptors (Lipinski definition) is 6. The Morgan fingerprint density at radius 2 is 2.17 bits per heavy atom. The fourth-order valence-electron chi connectivity index (χ4n) is 2.33. The zero-order valence-corrected chi connectivity index (χ0v) is 14.8. The number of hydrogen-bond donors (Lipinski definition) is 2. The highest BCUT2D eigenvalue weighted by Crippen LogP contribution is 2.24. The average Bonchev–Trinajstić information content (AvgIpc) is 3.24. The average molecular weight is 380 g/mol. The number of rotatable bonds is 3. The van der Waals surface area contributed by atoms with E-state index in [4.69, 9.17) is 12.2 Å². The number of carbonyl (C=O) groups is 1. The molecule has 2 N–H and O–H groups in total. The Labute approximate surface area is 146 Å². The summed E-state index contributed by atoms with van der Waals surface area (Å²) in [6, 6.07) is 5.74. The summed E-state index contributed by atoms with van der Waals surface area (Å²) >= 11 is 9.52. The summed E-state index contributed by atoms with van der Waals surface area (Å²) in [5.74, 6) is -0.234. The number of thiophene rings is 2. The Morgan fingerprint density at radius 1 is 1.30 bits per heavy atom. The van der Waals surface area contributed by atoms with E-state index < -0.39 is 0 Å². The topological polar surface area (TPSA) is 66.4 Å². The van der Waals surface area contributed by atoms with Crippen LogP contribution in [0.4, 0.5) is 0 Å². The highest BCUT2D eigenvalue weighted by Gasteiger charge is 2.18. The van der Waals surface area contributed by atoms with Crippen LogP contribution < -0.4 is 10.9 Å². The van der Waals surface area contributed by atoms with Gasteiger partial charge in [0.2, 0.25) is 0 Å². The number of H-pyrrole nitrogens is 1. The van der Waals surface area contributed by atoms with E-state index in [0.29, 0.717) is 25.7 Å². The van der Waals surface area contributed by atoms with Crippen LogP contribution in [0, 0.1) is 3.95 Å². The Bertz CT molecular complexity index is 1130. The van der Waals surface area contributed by atoms with Crippen molar-refractivity contribution in [2.45, 2.75) is 6.54 Å². The Balaban J connectivity index is 1.81. The minimum atomic E-state index is -0.234. The van der Waals surface area contributed by atoms with Crippen LogP contribution in [-0.4, -0.2) is 15.3 Å². The highest BCUT2D eigenvalue weighted by atomic mass is 32.1. The van der Waals surface area contributed by atoms with Gasteiger partial charge >= 0.3 is 0 Å². The number of fused-ring (bicyclic) bond motifs is 3. The fourth-order valence-corrected chi connectivity index (χ4v) is 5.05. The molecule has 9 heteroatoms. The van der Waals surface area contributed by atoms with E-state index in [0.717, 1.165) is 10.4 Å². The first kappa shape index (κ1) is 14.8. The number of aromatic amines is 1. The van der Waals surface area contributed by atoms with Crippen molar-refractivity contribution in [3.8, 4) is 0 Å². The second kappa shape index (κ2) is 5.68. The molecule has 0 saturated carbocycles. The number of nitrogens with one attached hydrogen (secondary N) is 2. The van der Waals surface area contributed by atoms with Gasteiger partial charge in [0.1, 0.15) is 15.2 Å². The maximum atomic E-state index is 12.5. The Morgan fingerprint density at radius 3 is 2.96 bits per heavy atom. The van der Waals surface area contributed by atoms with Crippen LogP contribution in [0.5, 0.6) is 0 Å². The van der Waals surface area contributed by atoms with E-state index in [1.54, 1.807) is 15.7 Å². The van der Waals surface area contributed by atoms with Gasteiger partial charge in [-0.1, -0.05) is 17.4 Å². The van der Waals surface area contributed by atoms with Crippen molar-refractivity contribution in [3.63, 3.8) is 0 Å². The molecule has 4 aromatic rings. The SMILES string of the molecule is O=C(NCc1cccs1)c1sc(=S)n2c1[nH]c(=O)c1sccc12. The Kier molecular flexibility index (Phi) is 3.64. The van der Waals surface area contributed by atoms with E-state index in [-0.39, 0.29) is 11.5 Å². The molecule has 0 aliphatic heterocycles. The molecule has 0 atom stereocenters. The number of aromatic nitrogens is 2. The first-order valence-corrected chi connectivity index (χ1v) is 9.59. The predicted molar refractivity (Wildman–Crippen MR) is 97.6 cm³/mol. The largest absolute Gasteiger partial charge is 0.346 e. The molecule has 0 aliphatic rings. The standard InChI is InChI=1S/C14H9N3O2S4/c18-12(15-6-7-2-1-4-21-7)10-11-16-13(19)9-8(3-5-22-9)17(11)14(20)23-10/h1-5H,6H2,(H,15,18)(H,16,19). The Hall–Kier alpha value is -1.81. The number of amides is 1. The van der Waals surface area contributed by atoms with E-state index in [9.17, 15) is 9.59 Å². The lowest BCUT2D eigenvalue weighted by Crippen LogP contribution is -2.22. The molecule has 0 aliphatic carbocycles. The van der Waals surface area contributed by atoms with E-state index >= 15 is 0 Å². The zero-order valence-electron chi connectivity index (χ0n) is 11.5. The summed E-state index contributed by atoms with van der Waals surface area (Å²) in [4.78, 5) is 28.9. The van der Waals surface area contributed by atoms with E-state index in [1.807, 2.05) is 29.0 Å². The summed E-state index contributed by atoms with van der Waals surface area (Å²) in [7, 11) is 0. The third-order valence-electron chi connectivity index (χ3n) is 3.34. The molecule has 0 aromatic carbocycles. The van der Waals surface area contributed by atoms with Gasteiger partial charge in [-0.2, -0.15) is 0 Å². The van der Waals surface area contributed by atoms with Gasteiger partial charge in [-0.15, -0.1) is 22.7 Å². The van der Waals surface area contributed by atoms with Gasteiger partial charge in [0, 0.05) is 4.88 Å². The molecule has 0 unspecified atom stereocenters. The molecule has 116 valence electrons. The highest BCUT2D eigenvalue weighted by molar-refractivity contribution is 7.73. The first-order valence-electron chi connectivity index (χ1n) is 6.61. The monoisotopic (exact) mass is 379 g/mol.